The number of amides is 1. The topological polar surface area (TPSA) is 90.2 Å². The number of nitrogens with zero attached hydrogens (tertiary/aromatic N) is 1. The van der Waals surface area contributed by atoms with Crippen molar-refractivity contribution in [2.24, 2.45) is 0 Å². The lowest BCUT2D eigenvalue weighted by Gasteiger charge is -2.06. The Morgan fingerprint density at radius 2 is 2.00 bits per heavy atom. The third kappa shape index (κ3) is 5.17. The lowest BCUT2D eigenvalue weighted by Crippen LogP contribution is -2.12. The maximum absolute atomic E-state index is 12.9. The second-order valence-electron chi connectivity index (χ2n) is 3.95. The predicted molar refractivity (Wildman–Crippen MR) is 65.8 cm³/mol. The Hall–Kier alpha value is -2.42. The second kappa shape index (κ2) is 7.11. The summed E-state index contributed by atoms with van der Waals surface area (Å²) in [6.07, 6.45) is 1.04. The molecule has 2 N–H and O–H groups in total. The summed E-state index contributed by atoms with van der Waals surface area (Å²) in [5.74, 6) is -1.77. The number of carbonyl (C=O) groups excluding carboxylic acids is 1. The van der Waals surface area contributed by atoms with Crippen molar-refractivity contribution in [3.8, 4) is 6.07 Å². The molecule has 1 aromatic rings. The first-order chi connectivity index (χ1) is 9.02. The van der Waals surface area contributed by atoms with Crippen LogP contribution in [0.25, 0.3) is 0 Å². The zero-order valence-corrected chi connectivity index (χ0v) is 10.1. The highest BCUT2D eigenvalue weighted by Gasteiger charge is 2.08. The minimum absolute atomic E-state index is 0.0211. The van der Waals surface area contributed by atoms with E-state index in [0.29, 0.717) is 12.8 Å². The summed E-state index contributed by atoms with van der Waals surface area (Å²) in [5.41, 5.74) is 0.311. The van der Waals surface area contributed by atoms with E-state index in [1.165, 1.54) is 6.07 Å². The van der Waals surface area contributed by atoms with E-state index < -0.39 is 11.8 Å². The molecule has 0 saturated carbocycles. The first-order valence-electron chi connectivity index (χ1n) is 5.74. The zero-order chi connectivity index (χ0) is 14.3. The van der Waals surface area contributed by atoms with E-state index in [1.807, 2.05) is 0 Å². The number of unbranched alkanes of at least 4 members (excludes halogenated alkanes) is 1. The van der Waals surface area contributed by atoms with Crippen LogP contribution in [0.3, 0.4) is 0 Å². The first-order valence-corrected chi connectivity index (χ1v) is 5.74. The number of carboxylic acids is 1. The molecule has 0 unspecified atom stereocenters. The number of benzene rings is 1. The summed E-state index contributed by atoms with van der Waals surface area (Å²) < 4.78 is 12.9. The molecule has 1 aromatic carbocycles. The Balaban J connectivity index is 2.49. The molecule has 100 valence electrons. The van der Waals surface area contributed by atoms with Gasteiger partial charge in [0.2, 0.25) is 5.91 Å². The molecule has 1 rings (SSSR count). The number of hydrogen-bond donors (Lipinski definition) is 2. The molecule has 6 heteroatoms. The van der Waals surface area contributed by atoms with Gasteiger partial charge in [-0.1, -0.05) is 0 Å². The van der Waals surface area contributed by atoms with Crippen LogP contribution in [-0.4, -0.2) is 17.0 Å². The fraction of sp³-hybridized carbons (Fsp3) is 0.308. The van der Waals surface area contributed by atoms with Crippen molar-refractivity contribution in [2.75, 3.05) is 5.32 Å². The van der Waals surface area contributed by atoms with Crippen LogP contribution in [0.4, 0.5) is 10.1 Å². The molecule has 0 fully saturated rings. The second-order valence-corrected chi connectivity index (χ2v) is 3.95. The van der Waals surface area contributed by atoms with Gasteiger partial charge in [0, 0.05) is 12.8 Å². The number of nitrogens with one attached hydrogen (secondary N) is 1. The van der Waals surface area contributed by atoms with E-state index >= 15 is 0 Å². The average molecular weight is 264 g/mol. The van der Waals surface area contributed by atoms with Crippen molar-refractivity contribution < 1.29 is 19.1 Å². The molecule has 0 bridgehead atoms. The standard InChI is InChI=1S/C13H13FN2O3/c14-10-5-6-11(9(7-10)8-15)16-12(17)3-1-2-4-13(18)19/h5-7H,1-4H2,(H,16,17)(H,18,19). The van der Waals surface area contributed by atoms with Gasteiger partial charge in [0.05, 0.1) is 11.3 Å². The molecule has 0 atom stereocenters. The highest BCUT2D eigenvalue weighted by molar-refractivity contribution is 5.92. The molecule has 19 heavy (non-hydrogen) atoms. The average Bonchev–Trinajstić information content (AvgIpc) is 2.36. The van der Waals surface area contributed by atoms with Crippen molar-refractivity contribution in [2.45, 2.75) is 25.7 Å². The third-order valence-electron chi connectivity index (χ3n) is 2.42. The number of carbonyl (C=O) groups is 2. The van der Waals surface area contributed by atoms with Gasteiger partial charge in [-0.15, -0.1) is 0 Å². The first kappa shape index (κ1) is 14.6. The highest BCUT2D eigenvalue weighted by Crippen LogP contribution is 2.16. The molecular weight excluding hydrogens is 251 g/mol. The lowest BCUT2D eigenvalue weighted by molar-refractivity contribution is -0.137. The molecule has 0 aliphatic rings. The predicted octanol–water partition coefficient (Wildman–Crippen LogP) is 2.28. The summed E-state index contributed by atoms with van der Waals surface area (Å²) in [6.45, 7) is 0. The maximum atomic E-state index is 12.9. The van der Waals surface area contributed by atoms with Crippen molar-refractivity contribution in [1.82, 2.24) is 0 Å². The van der Waals surface area contributed by atoms with E-state index in [2.05, 4.69) is 5.32 Å². The van der Waals surface area contributed by atoms with Crippen molar-refractivity contribution >= 4 is 17.6 Å². The van der Waals surface area contributed by atoms with E-state index in [1.54, 1.807) is 6.07 Å². The van der Waals surface area contributed by atoms with Gasteiger partial charge in [-0.25, -0.2) is 4.39 Å². The Labute approximate surface area is 109 Å². The third-order valence-corrected chi connectivity index (χ3v) is 2.42. The largest absolute Gasteiger partial charge is 0.481 e. The van der Waals surface area contributed by atoms with Gasteiger partial charge < -0.3 is 10.4 Å². The van der Waals surface area contributed by atoms with Crippen LogP contribution in [0.15, 0.2) is 18.2 Å². The number of aliphatic carboxylic acids is 1. The number of nitriles is 1. The Morgan fingerprint density at radius 1 is 1.32 bits per heavy atom. The minimum atomic E-state index is -0.897. The van der Waals surface area contributed by atoms with E-state index in [4.69, 9.17) is 10.4 Å². The fourth-order valence-corrected chi connectivity index (χ4v) is 1.49. The molecule has 0 heterocycles. The summed E-state index contributed by atoms with van der Waals surface area (Å²) >= 11 is 0. The van der Waals surface area contributed by atoms with Gasteiger partial charge in [0.25, 0.3) is 0 Å². The van der Waals surface area contributed by atoms with E-state index in [0.717, 1.165) is 12.1 Å². The quantitative estimate of drug-likeness (QED) is 0.771. The Kier molecular flexibility index (Phi) is 5.48. The van der Waals surface area contributed by atoms with Gasteiger partial charge in [-0.3, -0.25) is 9.59 Å². The smallest absolute Gasteiger partial charge is 0.303 e. The molecule has 0 aliphatic carbocycles. The fourth-order valence-electron chi connectivity index (χ4n) is 1.49. The summed E-state index contributed by atoms with van der Waals surface area (Å²) in [7, 11) is 0. The molecule has 5 nitrogen and oxygen atoms in total. The number of anilines is 1. The number of rotatable bonds is 6. The SMILES string of the molecule is N#Cc1cc(F)ccc1NC(=O)CCCCC(=O)O. The summed E-state index contributed by atoms with van der Waals surface area (Å²) in [6, 6.07) is 5.31. The van der Waals surface area contributed by atoms with Crippen molar-refractivity contribution in [3.05, 3.63) is 29.6 Å². The van der Waals surface area contributed by atoms with Crippen molar-refractivity contribution in [1.29, 1.82) is 5.26 Å². The maximum Gasteiger partial charge on any atom is 0.303 e. The van der Waals surface area contributed by atoms with Gasteiger partial charge in [0.15, 0.2) is 0 Å². The van der Waals surface area contributed by atoms with Crippen LogP contribution >= 0.6 is 0 Å². The van der Waals surface area contributed by atoms with Gasteiger partial charge in [-0.2, -0.15) is 5.26 Å². The van der Waals surface area contributed by atoms with Crippen LogP contribution in [0.2, 0.25) is 0 Å². The van der Waals surface area contributed by atoms with Crippen LogP contribution < -0.4 is 5.32 Å². The van der Waals surface area contributed by atoms with Gasteiger partial charge >= 0.3 is 5.97 Å². The van der Waals surface area contributed by atoms with Crippen LogP contribution in [0.5, 0.6) is 0 Å². The Morgan fingerprint density at radius 3 is 2.63 bits per heavy atom. The molecule has 0 radical (unpaired) electrons. The number of carboxylic acid groups (broad SMARTS) is 1. The lowest BCUT2D eigenvalue weighted by atomic mass is 10.1. The minimum Gasteiger partial charge on any atom is -0.481 e. The molecule has 0 aliphatic heterocycles. The van der Waals surface area contributed by atoms with Crippen LogP contribution in [0.1, 0.15) is 31.2 Å². The summed E-state index contributed by atoms with van der Waals surface area (Å²) in [4.78, 5) is 21.8. The van der Waals surface area contributed by atoms with Crippen LogP contribution in [0, 0.1) is 17.1 Å². The Bertz CT molecular complexity index is 523. The molecule has 0 spiro atoms. The van der Waals surface area contributed by atoms with E-state index in [-0.39, 0.29) is 30.0 Å². The number of halogens is 1. The zero-order valence-electron chi connectivity index (χ0n) is 10.1. The van der Waals surface area contributed by atoms with E-state index in [9.17, 15) is 14.0 Å². The van der Waals surface area contributed by atoms with Gasteiger partial charge in [0.1, 0.15) is 11.9 Å². The summed E-state index contributed by atoms with van der Waals surface area (Å²) in [5, 5.41) is 19.7. The molecule has 0 saturated heterocycles. The normalized spacial score (nSPS) is 9.68. The molecule has 1 amide bonds. The number of hydrogen-bond acceptors (Lipinski definition) is 3. The van der Waals surface area contributed by atoms with Crippen molar-refractivity contribution in [3.63, 3.8) is 0 Å². The monoisotopic (exact) mass is 264 g/mol. The molecular formula is C13H13FN2O3. The van der Waals surface area contributed by atoms with Crippen LogP contribution in [-0.2, 0) is 9.59 Å². The highest BCUT2D eigenvalue weighted by atomic mass is 19.1. The molecule has 0 aromatic heterocycles. The van der Waals surface area contributed by atoms with Gasteiger partial charge in [-0.05, 0) is 31.0 Å².